The standard InChI is InChI=1S/C12H16N4OS/c1-4-5-14-11(17)10(6-13)7-15-12-16-8(2)9(3)18-12/h7H,4-5H2,1-3H3,(H,14,17)(H,15,16)/b10-7-. The number of nitrogens with zero attached hydrogens (tertiary/aromatic N) is 2. The third kappa shape index (κ3) is 3.86. The highest BCUT2D eigenvalue weighted by atomic mass is 32.1. The molecule has 0 atom stereocenters. The van der Waals surface area contributed by atoms with Crippen molar-refractivity contribution in [2.24, 2.45) is 0 Å². The van der Waals surface area contributed by atoms with Gasteiger partial charge in [-0.3, -0.25) is 4.79 Å². The van der Waals surface area contributed by atoms with E-state index in [1.165, 1.54) is 17.5 Å². The van der Waals surface area contributed by atoms with Gasteiger partial charge in [0.2, 0.25) is 0 Å². The van der Waals surface area contributed by atoms with Crippen LogP contribution in [-0.2, 0) is 4.79 Å². The number of aromatic nitrogens is 1. The average Bonchev–Trinajstić information content (AvgIpc) is 2.67. The molecule has 0 bridgehead atoms. The zero-order valence-electron chi connectivity index (χ0n) is 10.7. The number of nitrogens with one attached hydrogen (secondary N) is 2. The highest BCUT2D eigenvalue weighted by Crippen LogP contribution is 2.21. The van der Waals surface area contributed by atoms with Crippen molar-refractivity contribution in [2.75, 3.05) is 11.9 Å². The molecule has 0 unspecified atom stereocenters. The molecule has 2 N–H and O–H groups in total. The van der Waals surface area contributed by atoms with Gasteiger partial charge in [-0.2, -0.15) is 5.26 Å². The van der Waals surface area contributed by atoms with Crippen molar-refractivity contribution in [1.29, 1.82) is 5.26 Å². The summed E-state index contributed by atoms with van der Waals surface area (Å²) < 4.78 is 0. The number of amides is 1. The van der Waals surface area contributed by atoms with Crippen LogP contribution in [0.5, 0.6) is 0 Å². The number of hydrogen-bond acceptors (Lipinski definition) is 5. The Morgan fingerprint density at radius 2 is 2.28 bits per heavy atom. The van der Waals surface area contributed by atoms with Gasteiger partial charge in [0, 0.05) is 17.6 Å². The van der Waals surface area contributed by atoms with E-state index in [2.05, 4.69) is 15.6 Å². The van der Waals surface area contributed by atoms with E-state index in [1.807, 2.05) is 26.8 Å². The van der Waals surface area contributed by atoms with Gasteiger partial charge in [-0.15, -0.1) is 11.3 Å². The second-order valence-electron chi connectivity index (χ2n) is 3.73. The summed E-state index contributed by atoms with van der Waals surface area (Å²) in [4.78, 5) is 16.9. The number of aryl methyl sites for hydroxylation is 2. The topological polar surface area (TPSA) is 77.8 Å². The molecule has 0 aliphatic rings. The van der Waals surface area contributed by atoms with Crippen molar-refractivity contribution >= 4 is 22.4 Å². The van der Waals surface area contributed by atoms with Crippen LogP contribution in [0.2, 0.25) is 0 Å². The maximum Gasteiger partial charge on any atom is 0.263 e. The fourth-order valence-electron chi connectivity index (χ4n) is 1.15. The first-order chi connectivity index (χ1) is 8.58. The molecule has 1 amide bonds. The zero-order chi connectivity index (χ0) is 13.5. The Kier molecular flexibility index (Phi) is 5.33. The van der Waals surface area contributed by atoms with E-state index in [9.17, 15) is 4.79 Å². The maximum absolute atomic E-state index is 11.6. The van der Waals surface area contributed by atoms with Gasteiger partial charge in [-0.25, -0.2) is 4.98 Å². The summed E-state index contributed by atoms with van der Waals surface area (Å²) in [5, 5.41) is 15.1. The predicted molar refractivity (Wildman–Crippen MR) is 72.2 cm³/mol. The Morgan fingerprint density at radius 3 is 2.78 bits per heavy atom. The summed E-state index contributed by atoms with van der Waals surface area (Å²) in [6, 6.07) is 1.87. The molecule has 0 aliphatic carbocycles. The smallest absolute Gasteiger partial charge is 0.263 e. The van der Waals surface area contributed by atoms with Crippen LogP contribution in [0.1, 0.15) is 23.9 Å². The largest absolute Gasteiger partial charge is 0.351 e. The molecule has 5 nitrogen and oxygen atoms in total. The third-order valence-corrected chi connectivity index (χ3v) is 3.27. The first-order valence-corrected chi connectivity index (χ1v) is 6.49. The Labute approximate surface area is 111 Å². The number of hydrogen-bond donors (Lipinski definition) is 2. The van der Waals surface area contributed by atoms with E-state index < -0.39 is 0 Å². The monoisotopic (exact) mass is 264 g/mol. The molecule has 0 radical (unpaired) electrons. The van der Waals surface area contributed by atoms with Crippen LogP contribution in [0, 0.1) is 25.2 Å². The molecular formula is C12H16N4OS. The van der Waals surface area contributed by atoms with Crippen molar-refractivity contribution in [1.82, 2.24) is 10.3 Å². The second kappa shape index (κ2) is 6.77. The van der Waals surface area contributed by atoms with Gasteiger partial charge in [-0.05, 0) is 20.3 Å². The molecule has 1 aromatic rings. The van der Waals surface area contributed by atoms with Crippen molar-refractivity contribution in [3.05, 3.63) is 22.3 Å². The first-order valence-electron chi connectivity index (χ1n) is 5.67. The summed E-state index contributed by atoms with van der Waals surface area (Å²) in [5.74, 6) is -0.364. The van der Waals surface area contributed by atoms with Gasteiger partial charge in [0.05, 0.1) is 5.69 Å². The molecule has 0 spiro atoms. The molecule has 0 aromatic carbocycles. The Morgan fingerprint density at radius 1 is 1.56 bits per heavy atom. The van der Waals surface area contributed by atoms with Crippen LogP contribution in [0.15, 0.2) is 11.8 Å². The van der Waals surface area contributed by atoms with Gasteiger partial charge in [-0.1, -0.05) is 6.92 Å². The average molecular weight is 264 g/mol. The van der Waals surface area contributed by atoms with Gasteiger partial charge < -0.3 is 10.6 Å². The van der Waals surface area contributed by atoms with E-state index in [-0.39, 0.29) is 11.5 Å². The molecule has 1 aromatic heterocycles. The number of rotatable bonds is 5. The van der Waals surface area contributed by atoms with Crippen LogP contribution < -0.4 is 10.6 Å². The molecule has 1 rings (SSSR count). The molecular weight excluding hydrogens is 248 g/mol. The number of carbonyl (C=O) groups excluding carboxylic acids is 1. The van der Waals surface area contributed by atoms with Crippen LogP contribution in [0.3, 0.4) is 0 Å². The lowest BCUT2D eigenvalue weighted by atomic mass is 10.3. The lowest BCUT2D eigenvalue weighted by Gasteiger charge is -2.01. The number of thiazole rings is 1. The fraction of sp³-hybridized carbons (Fsp3) is 0.417. The fourth-order valence-corrected chi connectivity index (χ4v) is 1.93. The SMILES string of the molecule is CCCNC(=O)/C(C#N)=C\Nc1nc(C)c(C)s1. The highest BCUT2D eigenvalue weighted by molar-refractivity contribution is 7.15. The lowest BCUT2D eigenvalue weighted by Crippen LogP contribution is -2.25. The van der Waals surface area contributed by atoms with Crippen LogP contribution in [-0.4, -0.2) is 17.4 Å². The lowest BCUT2D eigenvalue weighted by molar-refractivity contribution is -0.117. The Hall–Kier alpha value is -1.87. The van der Waals surface area contributed by atoms with Crippen LogP contribution in [0.4, 0.5) is 5.13 Å². The third-order valence-electron chi connectivity index (χ3n) is 2.27. The molecule has 96 valence electrons. The summed E-state index contributed by atoms with van der Waals surface area (Å²) >= 11 is 1.49. The summed E-state index contributed by atoms with van der Waals surface area (Å²) in [6.45, 7) is 6.41. The molecule has 0 aliphatic heterocycles. The number of nitriles is 1. The molecule has 6 heteroatoms. The van der Waals surface area contributed by atoms with E-state index in [1.54, 1.807) is 0 Å². The predicted octanol–water partition coefficient (Wildman–Crippen LogP) is 2.11. The molecule has 18 heavy (non-hydrogen) atoms. The van der Waals surface area contributed by atoms with Gasteiger partial charge >= 0.3 is 0 Å². The van der Waals surface area contributed by atoms with E-state index >= 15 is 0 Å². The first kappa shape index (κ1) is 14.2. The summed E-state index contributed by atoms with van der Waals surface area (Å²) in [5.41, 5.74) is 0.999. The van der Waals surface area contributed by atoms with Crippen LogP contribution >= 0.6 is 11.3 Å². The molecule has 0 saturated carbocycles. The minimum absolute atomic E-state index is 0.0500. The molecule has 1 heterocycles. The minimum Gasteiger partial charge on any atom is -0.351 e. The van der Waals surface area contributed by atoms with Crippen LogP contribution in [0.25, 0.3) is 0 Å². The Bertz CT molecular complexity index is 479. The zero-order valence-corrected chi connectivity index (χ0v) is 11.5. The number of anilines is 1. The van der Waals surface area contributed by atoms with Crippen molar-refractivity contribution in [3.8, 4) is 6.07 Å². The van der Waals surface area contributed by atoms with E-state index in [0.29, 0.717) is 11.7 Å². The summed E-state index contributed by atoms with van der Waals surface area (Å²) in [7, 11) is 0. The normalized spacial score (nSPS) is 10.9. The molecule has 0 fully saturated rings. The van der Waals surface area contributed by atoms with Gasteiger partial charge in [0.1, 0.15) is 11.6 Å². The molecule has 0 saturated heterocycles. The summed E-state index contributed by atoms with van der Waals surface area (Å²) in [6.07, 6.45) is 2.23. The minimum atomic E-state index is -0.364. The van der Waals surface area contributed by atoms with E-state index in [4.69, 9.17) is 5.26 Å². The van der Waals surface area contributed by atoms with E-state index in [0.717, 1.165) is 17.0 Å². The van der Waals surface area contributed by atoms with Gasteiger partial charge in [0.15, 0.2) is 5.13 Å². The highest BCUT2D eigenvalue weighted by Gasteiger charge is 2.08. The quantitative estimate of drug-likeness (QED) is 0.630. The van der Waals surface area contributed by atoms with Crippen molar-refractivity contribution in [2.45, 2.75) is 27.2 Å². The van der Waals surface area contributed by atoms with Crippen molar-refractivity contribution < 1.29 is 4.79 Å². The van der Waals surface area contributed by atoms with Gasteiger partial charge in [0.25, 0.3) is 5.91 Å². The number of carbonyl (C=O) groups is 1. The maximum atomic E-state index is 11.6. The second-order valence-corrected chi connectivity index (χ2v) is 4.93. The van der Waals surface area contributed by atoms with Crippen molar-refractivity contribution in [3.63, 3.8) is 0 Å². The Balaban J connectivity index is 2.68.